The highest BCUT2D eigenvalue weighted by atomic mass is 32.2. The lowest BCUT2D eigenvalue weighted by atomic mass is 9.89. The summed E-state index contributed by atoms with van der Waals surface area (Å²) in [6, 6.07) is 11.8. The molecule has 32 heavy (non-hydrogen) atoms. The Kier molecular flexibility index (Phi) is 7.20. The second kappa shape index (κ2) is 9.55. The molecule has 1 N–H and O–H groups in total. The Morgan fingerprint density at radius 3 is 1.97 bits per heavy atom. The molecule has 0 radical (unpaired) electrons. The Bertz CT molecular complexity index is 1150. The molecule has 0 unspecified atom stereocenters. The Labute approximate surface area is 191 Å². The zero-order valence-corrected chi connectivity index (χ0v) is 20.7. The number of benzene rings is 2. The van der Waals surface area contributed by atoms with Crippen LogP contribution in [0.5, 0.6) is 0 Å². The summed E-state index contributed by atoms with van der Waals surface area (Å²) in [4.78, 5) is 4.72. The number of nitrogens with one attached hydrogen (secondary N) is 1. The Morgan fingerprint density at radius 2 is 1.47 bits per heavy atom. The quantitative estimate of drug-likeness (QED) is 0.457. The van der Waals surface area contributed by atoms with E-state index < -0.39 is 10.0 Å². The van der Waals surface area contributed by atoms with Gasteiger partial charge in [-0.15, -0.1) is 0 Å². The van der Waals surface area contributed by atoms with Gasteiger partial charge in [-0.2, -0.15) is 4.98 Å². The molecule has 0 spiro atoms. The van der Waals surface area contributed by atoms with E-state index in [0.29, 0.717) is 16.6 Å². The lowest BCUT2D eigenvalue weighted by Gasteiger charge is -2.22. The van der Waals surface area contributed by atoms with Crippen molar-refractivity contribution in [3.05, 3.63) is 64.5 Å². The first-order chi connectivity index (χ1) is 15.0. The lowest BCUT2D eigenvalue weighted by molar-refractivity contribution is 0.376. The van der Waals surface area contributed by atoms with E-state index in [1.54, 1.807) is 0 Å². The topological polar surface area (TPSA) is 85.1 Å². The fourth-order valence-electron chi connectivity index (χ4n) is 3.58. The van der Waals surface area contributed by atoms with Crippen LogP contribution in [-0.4, -0.2) is 18.6 Å². The predicted octanol–water partition coefficient (Wildman–Crippen LogP) is 5.89. The normalized spacial score (nSPS) is 12.3. The van der Waals surface area contributed by atoms with Gasteiger partial charge in [0, 0.05) is 5.56 Å². The molecule has 0 aliphatic carbocycles. The van der Waals surface area contributed by atoms with Crippen molar-refractivity contribution in [1.29, 1.82) is 0 Å². The Morgan fingerprint density at radius 1 is 0.906 bits per heavy atom. The van der Waals surface area contributed by atoms with Gasteiger partial charge in [0.2, 0.25) is 21.7 Å². The number of aromatic nitrogens is 2. The third-order valence-electron chi connectivity index (χ3n) is 5.54. The maximum absolute atomic E-state index is 13.5. The van der Waals surface area contributed by atoms with Crippen LogP contribution in [0.2, 0.25) is 0 Å². The van der Waals surface area contributed by atoms with Crippen molar-refractivity contribution in [1.82, 2.24) is 14.9 Å². The van der Waals surface area contributed by atoms with Gasteiger partial charge >= 0.3 is 0 Å². The molecule has 3 aromatic rings. The zero-order chi connectivity index (χ0) is 23.6. The number of rotatable bonds is 8. The first-order valence-electron chi connectivity index (χ1n) is 11.1. The minimum Gasteiger partial charge on any atom is -0.338 e. The Hall–Kier alpha value is -2.51. The van der Waals surface area contributed by atoms with Gasteiger partial charge in [-0.1, -0.05) is 88.7 Å². The van der Waals surface area contributed by atoms with Crippen LogP contribution in [0, 0.1) is 6.92 Å². The molecule has 0 aliphatic heterocycles. The monoisotopic (exact) mass is 455 g/mol. The predicted molar refractivity (Wildman–Crippen MR) is 127 cm³/mol. The van der Waals surface area contributed by atoms with Gasteiger partial charge in [0.15, 0.2) is 0 Å². The van der Waals surface area contributed by atoms with E-state index in [-0.39, 0.29) is 24.3 Å². The smallest absolute Gasteiger partial charge is 0.242 e. The van der Waals surface area contributed by atoms with Crippen molar-refractivity contribution in [2.24, 2.45) is 0 Å². The lowest BCUT2D eigenvalue weighted by Crippen LogP contribution is -2.26. The molecule has 0 bridgehead atoms. The molecule has 1 aromatic heterocycles. The number of nitrogens with zero attached hydrogens (tertiary/aromatic N) is 2. The molecule has 7 heteroatoms. The summed E-state index contributed by atoms with van der Waals surface area (Å²) in [7, 11) is -3.79. The highest BCUT2D eigenvalue weighted by molar-refractivity contribution is 7.89. The molecule has 1 heterocycles. The van der Waals surface area contributed by atoms with Gasteiger partial charge in [0.1, 0.15) is 0 Å². The molecule has 0 fully saturated rings. The van der Waals surface area contributed by atoms with Crippen LogP contribution in [0.3, 0.4) is 0 Å². The molecule has 3 rings (SSSR count). The summed E-state index contributed by atoms with van der Waals surface area (Å²) in [6.45, 7) is 14.3. The zero-order valence-electron chi connectivity index (χ0n) is 19.9. The fraction of sp³-hybridized carbons (Fsp3) is 0.440. The van der Waals surface area contributed by atoms with Crippen LogP contribution in [0.4, 0.5) is 0 Å². The largest absolute Gasteiger partial charge is 0.338 e. The average Bonchev–Trinajstić information content (AvgIpc) is 3.21. The molecular formula is C25H33N3O3S. The van der Waals surface area contributed by atoms with Crippen LogP contribution in [0.15, 0.2) is 45.8 Å². The van der Waals surface area contributed by atoms with E-state index in [4.69, 9.17) is 4.52 Å². The van der Waals surface area contributed by atoms with Gasteiger partial charge in [0.25, 0.3) is 0 Å². The highest BCUT2D eigenvalue weighted by Gasteiger charge is 2.27. The molecule has 0 saturated carbocycles. The van der Waals surface area contributed by atoms with Crippen LogP contribution in [0.1, 0.15) is 87.4 Å². The van der Waals surface area contributed by atoms with Gasteiger partial charge < -0.3 is 4.52 Å². The van der Waals surface area contributed by atoms with E-state index in [0.717, 1.165) is 27.8 Å². The third-order valence-corrected chi connectivity index (χ3v) is 7.07. The van der Waals surface area contributed by atoms with E-state index in [1.165, 1.54) is 0 Å². The molecular weight excluding hydrogens is 422 g/mol. The SMILES string of the molecule is Cc1ccc(-c2noc(CNS(=O)(=O)c3c(C(C)C)cc(C(C)C)cc3C(C)C)n2)cc1. The molecule has 2 aromatic carbocycles. The molecule has 0 atom stereocenters. The van der Waals surface area contributed by atoms with Gasteiger partial charge in [-0.25, -0.2) is 13.1 Å². The van der Waals surface area contributed by atoms with Crippen molar-refractivity contribution in [3.8, 4) is 11.4 Å². The van der Waals surface area contributed by atoms with Crippen molar-refractivity contribution in [2.75, 3.05) is 0 Å². The number of sulfonamides is 1. The molecule has 6 nitrogen and oxygen atoms in total. The van der Waals surface area contributed by atoms with E-state index in [2.05, 4.69) is 28.7 Å². The van der Waals surface area contributed by atoms with Crippen LogP contribution < -0.4 is 4.72 Å². The van der Waals surface area contributed by atoms with Gasteiger partial charge in [-0.3, -0.25) is 0 Å². The fourth-order valence-corrected chi connectivity index (χ4v) is 5.24. The van der Waals surface area contributed by atoms with Gasteiger partial charge in [0.05, 0.1) is 11.4 Å². The first kappa shape index (κ1) is 24.1. The highest BCUT2D eigenvalue weighted by Crippen LogP contribution is 2.35. The first-order valence-corrected chi connectivity index (χ1v) is 12.5. The molecule has 172 valence electrons. The minimum atomic E-state index is -3.79. The minimum absolute atomic E-state index is 0.0642. The summed E-state index contributed by atoms with van der Waals surface area (Å²) < 4.78 is 34.9. The summed E-state index contributed by atoms with van der Waals surface area (Å²) in [6.07, 6.45) is 0. The number of hydrogen-bond donors (Lipinski definition) is 1. The third kappa shape index (κ3) is 5.27. The standard InChI is InChI=1S/C25H33N3O3S/c1-15(2)20-12-21(16(3)4)24(22(13-20)17(5)6)32(29,30)26-14-23-27-25(28-31-23)19-10-8-18(7)9-11-19/h8-13,15-17,26H,14H2,1-7H3. The molecule has 0 saturated heterocycles. The summed E-state index contributed by atoms with van der Waals surface area (Å²) in [5, 5.41) is 3.99. The second-order valence-corrected chi connectivity index (χ2v) is 10.9. The van der Waals surface area contributed by atoms with E-state index in [9.17, 15) is 8.42 Å². The maximum atomic E-state index is 13.5. The number of aryl methyl sites for hydroxylation is 1. The van der Waals surface area contributed by atoms with Crippen LogP contribution >= 0.6 is 0 Å². The van der Waals surface area contributed by atoms with Crippen molar-refractivity contribution < 1.29 is 12.9 Å². The summed E-state index contributed by atoms with van der Waals surface area (Å²) >= 11 is 0. The summed E-state index contributed by atoms with van der Waals surface area (Å²) in [5.74, 6) is 1.10. The number of hydrogen-bond acceptors (Lipinski definition) is 5. The van der Waals surface area contributed by atoms with Crippen molar-refractivity contribution >= 4 is 10.0 Å². The maximum Gasteiger partial charge on any atom is 0.242 e. The molecule has 0 aliphatic rings. The Balaban J connectivity index is 1.92. The van der Waals surface area contributed by atoms with Crippen molar-refractivity contribution in [3.63, 3.8) is 0 Å². The van der Waals surface area contributed by atoms with Crippen LogP contribution in [-0.2, 0) is 16.6 Å². The average molecular weight is 456 g/mol. The second-order valence-electron chi connectivity index (χ2n) is 9.19. The molecule has 0 amide bonds. The van der Waals surface area contributed by atoms with E-state index >= 15 is 0 Å². The summed E-state index contributed by atoms with van der Waals surface area (Å²) in [5.41, 5.74) is 4.77. The van der Waals surface area contributed by atoms with Crippen molar-refractivity contribution in [2.45, 2.75) is 77.7 Å². The van der Waals surface area contributed by atoms with E-state index in [1.807, 2.05) is 71.0 Å². The van der Waals surface area contributed by atoms with Crippen LogP contribution in [0.25, 0.3) is 11.4 Å². The van der Waals surface area contributed by atoms with Gasteiger partial charge in [-0.05, 0) is 41.4 Å².